The first-order valence-corrected chi connectivity index (χ1v) is 8.01. The van der Waals surface area contributed by atoms with Crippen LogP contribution in [0.4, 0.5) is 0 Å². The van der Waals surface area contributed by atoms with E-state index in [1.165, 1.54) is 4.68 Å². The van der Waals surface area contributed by atoms with E-state index in [1.54, 1.807) is 13.2 Å². The maximum Gasteiger partial charge on any atom is 0.156 e. The van der Waals surface area contributed by atoms with Gasteiger partial charge in [0.1, 0.15) is 6.10 Å². The molecule has 0 radical (unpaired) electrons. The number of sulfone groups is 1. The first-order chi connectivity index (χ1) is 7.93. The molecule has 1 aliphatic heterocycles. The van der Waals surface area contributed by atoms with Crippen LogP contribution in [0.25, 0.3) is 0 Å². The summed E-state index contributed by atoms with van der Waals surface area (Å²) in [5.74, 6) is 0.171. The minimum Gasteiger partial charge on any atom is -0.385 e. The Bertz CT molecular complexity index is 492. The van der Waals surface area contributed by atoms with Crippen molar-refractivity contribution in [1.82, 2.24) is 9.78 Å². The third kappa shape index (κ3) is 2.41. The third-order valence-electron chi connectivity index (χ3n) is 3.20. The van der Waals surface area contributed by atoms with Crippen LogP contribution in [0.1, 0.15) is 31.1 Å². The fourth-order valence-electron chi connectivity index (χ4n) is 2.26. The fraction of sp³-hybridized carbons (Fsp3) is 0.700. The number of nitrogens with zero attached hydrogens (tertiary/aromatic N) is 2. The van der Waals surface area contributed by atoms with Gasteiger partial charge in [0.15, 0.2) is 9.84 Å². The maximum atomic E-state index is 11.9. The van der Waals surface area contributed by atoms with Gasteiger partial charge in [-0.15, -0.1) is 0 Å². The molecule has 0 spiro atoms. The molecular formula is C10H15BrN2O3S. The molecule has 2 heterocycles. The summed E-state index contributed by atoms with van der Waals surface area (Å²) in [7, 11) is -1.50. The van der Waals surface area contributed by atoms with Crippen LogP contribution in [0.15, 0.2) is 10.7 Å². The van der Waals surface area contributed by atoms with E-state index in [9.17, 15) is 13.5 Å². The number of halogens is 1. The van der Waals surface area contributed by atoms with Crippen molar-refractivity contribution in [1.29, 1.82) is 0 Å². The summed E-state index contributed by atoms with van der Waals surface area (Å²) in [6.07, 6.45) is 2.60. The van der Waals surface area contributed by atoms with Crippen molar-refractivity contribution >= 4 is 25.8 Å². The van der Waals surface area contributed by atoms with Crippen LogP contribution in [0.5, 0.6) is 0 Å². The molecule has 0 amide bonds. The minimum absolute atomic E-state index is 0.171. The molecule has 2 atom stereocenters. The van der Waals surface area contributed by atoms with Gasteiger partial charge in [-0.2, -0.15) is 5.10 Å². The molecular weight excluding hydrogens is 308 g/mol. The van der Waals surface area contributed by atoms with Crippen LogP contribution >= 0.6 is 15.9 Å². The van der Waals surface area contributed by atoms with Crippen LogP contribution in [0, 0.1) is 0 Å². The topological polar surface area (TPSA) is 72.2 Å². The highest BCUT2D eigenvalue weighted by Crippen LogP contribution is 2.33. The largest absolute Gasteiger partial charge is 0.385 e. The zero-order valence-electron chi connectivity index (χ0n) is 9.50. The van der Waals surface area contributed by atoms with Crippen molar-refractivity contribution in [3.63, 3.8) is 0 Å². The molecule has 7 heteroatoms. The first-order valence-electron chi connectivity index (χ1n) is 5.50. The van der Waals surface area contributed by atoms with E-state index in [0.29, 0.717) is 23.0 Å². The molecule has 2 unspecified atom stereocenters. The highest BCUT2D eigenvalue weighted by Gasteiger charge is 2.37. The van der Waals surface area contributed by atoms with Gasteiger partial charge in [0.05, 0.1) is 27.4 Å². The molecule has 0 aliphatic carbocycles. The highest BCUT2D eigenvalue weighted by molar-refractivity contribution is 9.10. The van der Waals surface area contributed by atoms with Gasteiger partial charge >= 0.3 is 0 Å². The van der Waals surface area contributed by atoms with E-state index in [-0.39, 0.29) is 5.75 Å². The quantitative estimate of drug-likeness (QED) is 0.887. The van der Waals surface area contributed by atoms with E-state index >= 15 is 0 Å². The Morgan fingerprint density at radius 1 is 1.59 bits per heavy atom. The van der Waals surface area contributed by atoms with E-state index < -0.39 is 21.2 Å². The monoisotopic (exact) mass is 322 g/mol. The first kappa shape index (κ1) is 13.0. The second kappa shape index (κ2) is 4.70. The Hall–Kier alpha value is -0.400. The van der Waals surface area contributed by atoms with E-state index in [2.05, 4.69) is 21.0 Å². The molecule has 96 valence electrons. The van der Waals surface area contributed by atoms with Crippen molar-refractivity contribution in [2.45, 2.75) is 30.6 Å². The van der Waals surface area contributed by atoms with Crippen LogP contribution in [0.3, 0.4) is 0 Å². The number of aryl methyl sites for hydroxylation is 1. The van der Waals surface area contributed by atoms with Gasteiger partial charge < -0.3 is 5.11 Å². The molecule has 0 saturated carbocycles. The Morgan fingerprint density at radius 2 is 2.29 bits per heavy atom. The summed E-state index contributed by atoms with van der Waals surface area (Å²) in [4.78, 5) is 0. The summed E-state index contributed by atoms with van der Waals surface area (Å²) >= 11 is 3.28. The maximum absolute atomic E-state index is 11.9. The minimum atomic E-state index is -3.19. The Labute approximate surface area is 109 Å². The molecule has 1 N–H and O–H groups in total. The lowest BCUT2D eigenvalue weighted by molar-refractivity contribution is 0.154. The molecule has 5 nitrogen and oxygen atoms in total. The lowest BCUT2D eigenvalue weighted by atomic mass is 10.1. The van der Waals surface area contributed by atoms with Gasteiger partial charge in [0.2, 0.25) is 0 Å². The number of rotatable bonds is 2. The molecule has 2 rings (SSSR count). The molecule has 1 saturated heterocycles. The standard InChI is InChI=1S/C10H15BrN2O3S/c1-13-9(7(11)6-12-13)10(14)8-4-2-3-5-17(8,15)16/h6,8,10,14H,2-5H2,1H3. The zero-order chi connectivity index (χ0) is 12.6. The third-order valence-corrected chi connectivity index (χ3v) is 6.08. The summed E-state index contributed by atoms with van der Waals surface area (Å²) in [5, 5.41) is 13.6. The fourth-order valence-corrected chi connectivity index (χ4v) is 4.80. The van der Waals surface area contributed by atoms with Gasteiger partial charge in [-0.1, -0.05) is 6.42 Å². The number of aliphatic hydroxyl groups excluding tert-OH is 1. The average molecular weight is 323 g/mol. The molecule has 0 aromatic carbocycles. The number of aliphatic hydroxyl groups is 1. The normalized spacial score (nSPS) is 25.7. The van der Waals surface area contributed by atoms with Crippen LogP contribution < -0.4 is 0 Å². The van der Waals surface area contributed by atoms with Gasteiger partial charge in [0, 0.05) is 7.05 Å². The summed E-state index contributed by atoms with van der Waals surface area (Å²) < 4.78 is 26.0. The average Bonchev–Trinajstić information content (AvgIpc) is 2.57. The molecule has 1 aliphatic rings. The molecule has 1 aromatic heterocycles. The van der Waals surface area contributed by atoms with E-state index in [1.807, 2.05) is 0 Å². The molecule has 1 aromatic rings. The van der Waals surface area contributed by atoms with Crippen molar-refractivity contribution in [2.75, 3.05) is 5.75 Å². The Balaban J connectivity index is 2.34. The zero-order valence-corrected chi connectivity index (χ0v) is 11.9. The van der Waals surface area contributed by atoms with Gasteiger partial charge in [-0.3, -0.25) is 4.68 Å². The Kier molecular flexibility index (Phi) is 3.61. The molecule has 17 heavy (non-hydrogen) atoms. The number of aromatic nitrogens is 2. The SMILES string of the molecule is Cn1ncc(Br)c1C(O)C1CCCCS1(=O)=O. The van der Waals surface area contributed by atoms with Crippen molar-refractivity contribution in [3.8, 4) is 0 Å². The summed E-state index contributed by atoms with van der Waals surface area (Å²) in [6.45, 7) is 0. The number of hydrogen-bond acceptors (Lipinski definition) is 4. The smallest absolute Gasteiger partial charge is 0.156 e. The second-order valence-electron chi connectivity index (χ2n) is 4.35. The van der Waals surface area contributed by atoms with Gasteiger partial charge in [-0.05, 0) is 28.8 Å². The van der Waals surface area contributed by atoms with Gasteiger partial charge in [0.25, 0.3) is 0 Å². The highest BCUT2D eigenvalue weighted by atomic mass is 79.9. The van der Waals surface area contributed by atoms with Crippen molar-refractivity contribution in [2.24, 2.45) is 7.05 Å². The second-order valence-corrected chi connectivity index (χ2v) is 7.54. The lowest BCUT2D eigenvalue weighted by Crippen LogP contribution is -2.34. The lowest BCUT2D eigenvalue weighted by Gasteiger charge is -2.26. The molecule has 0 bridgehead atoms. The van der Waals surface area contributed by atoms with Crippen LogP contribution in [-0.4, -0.2) is 34.3 Å². The van der Waals surface area contributed by atoms with E-state index in [4.69, 9.17) is 0 Å². The number of hydrogen-bond donors (Lipinski definition) is 1. The van der Waals surface area contributed by atoms with Crippen LogP contribution in [-0.2, 0) is 16.9 Å². The predicted molar refractivity (Wildman–Crippen MR) is 67.3 cm³/mol. The summed E-state index contributed by atoms with van der Waals surface area (Å²) in [6, 6.07) is 0. The summed E-state index contributed by atoms with van der Waals surface area (Å²) in [5.41, 5.74) is 0.528. The van der Waals surface area contributed by atoms with Gasteiger partial charge in [-0.25, -0.2) is 8.42 Å². The van der Waals surface area contributed by atoms with Crippen molar-refractivity contribution < 1.29 is 13.5 Å². The molecule has 1 fully saturated rings. The van der Waals surface area contributed by atoms with Crippen molar-refractivity contribution in [3.05, 3.63) is 16.4 Å². The predicted octanol–water partition coefficient (Wildman–Crippen LogP) is 1.18. The van der Waals surface area contributed by atoms with Crippen LogP contribution in [0.2, 0.25) is 0 Å². The Morgan fingerprint density at radius 3 is 2.82 bits per heavy atom. The van der Waals surface area contributed by atoms with E-state index in [0.717, 1.165) is 6.42 Å².